The highest BCUT2D eigenvalue weighted by molar-refractivity contribution is 5.98. The number of likely N-dealkylation sites (N-methyl/N-ethyl adjacent to an activating group) is 1. The van der Waals surface area contributed by atoms with E-state index in [1.165, 1.54) is 32.0 Å². The third kappa shape index (κ3) is 5.50. The molecule has 0 unspecified atom stereocenters. The van der Waals surface area contributed by atoms with Crippen molar-refractivity contribution in [1.29, 1.82) is 0 Å². The lowest BCUT2D eigenvalue weighted by Crippen LogP contribution is -2.50. The number of amides is 1. The molecule has 8 nitrogen and oxygen atoms in total. The maximum absolute atomic E-state index is 13.5. The summed E-state index contributed by atoms with van der Waals surface area (Å²) in [7, 11) is 2.15. The number of carbonyl (C=O) groups is 1. The normalized spacial score (nSPS) is 22.6. The van der Waals surface area contributed by atoms with Crippen molar-refractivity contribution in [3.05, 3.63) is 36.5 Å². The van der Waals surface area contributed by atoms with E-state index in [2.05, 4.69) is 33.8 Å². The second-order valence-electron chi connectivity index (χ2n) is 9.70. The molecule has 1 N–H and O–H groups in total. The Kier molecular flexibility index (Phi) is 7.55. The summed E-state index contributed by atoms with van der Waals surface area (Å²) in [4.78, 5) is 30.3. The molecule has 1 saturated carbocycles. The number of rotatable bonds is 7. The van der Waals surface area contributed by atoms with Crippen molar-refractivity contribution >= 4 is 5.91 Å². The number of aliphatic hydroxyl groups is 1. The van der Waals surface area contributed by atoms with Gasteiger partial charge in [-0.2, -0.15) is 0 Å². The second-order valence-corrected chi connectivity index (χ2v) is 9.70. The van der Waals surface area contributed by atoms with Gasteiger partial charge >= 0.3 is 0 Å². The van der Waals surface area contributed by atoms with Crippen molar-refractivity contribution in [2.45, 2.75) is 51.7 Å². The Bertz CT molecular complexity index is 935. The summed E-state index contributed by atoms with van der Waals surface area (Å²) in [5, 5.41) is 9.84. The largest absolute Gasteiger partial charge is 0.472 e. The molecular formula is C25H35N5O3. The van der Waals surface area contributed by atoms with E-state index in [1.54, 1.807) is 29.6 Å². The number of carbonyl (C=O) groups excluding carboxylic acids is 1. The van der Waals surface area contributed by atoms with Gasteiger partial charge in [0.25, 0.3) is 5.91 Å². The van der Waals surface area contributed by atoms with Gasteiger partial charge in [-0.15, -0.1) is 0 Å². The fraction of sp³-hybridized carbons (Fsp3) is 0.600. The van der Waals surface area contributed by atoms with Gasteiger partial charge in [0, 0.05) is 55.3 Å². The van der Waals surface area contributed by atoms with E-state index in [0.717, 1.165) is 30.1 Å². The monoisotopic (exact) mass is 453 g/mol. The fourth-order valence-electron chi connectivity index (χ4n) is 4.94. The number of aliphatic hydroxyl groups excluding tert-OH is 1. The Morgan fingerprint density at radius 2 is 1.91 bits per heavy atom. The fourth-order valence-corrected chi connectivity index (χ4v) is 4.94. The lowest BCUT2D eigenvalue weighted by atomic mass is 9.99. The van der Waals surface area contributed by atoms with Crippen LogP contribution in [0.3, 0.4) is 0 Å². The van der Waals surface area contributed by atoms with E-state index in [1.807, 2.05) is 6.92 Å². The van der Waals surface area contributed by atoms with Crippen molar-refractivity contribution in [3.8, 4) is 17.0 Å². The van der Waals surface area contributed by atoms with Gasteiger partial charge in [-0.25, -0.2) is 15.0 Å². The highest BCUT2D eigenvalue weighted by Gasteiger charge is 2.34. The van der Waals surface area contributed by atoms with E-state index in [0.29, 0.717) is 18.0 Å². The molecule has 0 aromatic carbocycles. The van der Waals surface area contributed by atoms with Crippen molar-refractivity contribution in [3.63, 3.8) is 0 Å². The minimum atomic E-state index is -0.300. The van der Waals surface area contributed by atoms with Gasteiger partial charge < -0.3 is 19.6 Å². The van der Waals surface area contributed by atoms with Crippen LogP contribution in [0.2, 0.25) is 0 Å². The van der Waals surface area contributed by atoms with Crippen LogP contribution in [-0.2, 0) is 0 Å². The maximum atomic E-state index is 13.5. The number of ether oxygens (including phenoxy) is 1. The SMILES string of the molecule is C[C@H]1CN([C@@H](C)CO)C(=O)c2cc(-c3cncnc3)cnc2O[C@@H]1CN(C)CC1CCCC1. The van der Waals surface area contributed by atoms with E-state index in [9.17, 15) is 9.90 Å². The zero-order chi connectivity index (χ0) is 23.4. The number of hydrogen-bond donors (Lipinski definition) is 1. The summed E-state index contributed by atoms with van der Waals surface area (Å²) in [5.74, 6) is 1.02. The summed E-state index contributed by atoms with van der Waals surface area (Å²) >= 11 is 0. The van der Waals surface area contributed by atoms with Crippen LogP contribution >= 0.6 is 0 Å². The first-order valence-corrected chi connectivity index (χ1v) is 12.0. The molecule has 3 heterocycles. The number of pyridine rings is 1. The second kappa shape index (κ2) is 10.6. The molecule has 178 valence electrons. The summed E-state index contributed by atoms with van der Waals surface area (Å²) in [5.41, 5.74) is 1.95. The van der Waals surface area contributed by atoms with Crippen molar-refractivity contribution in [2.75, 3.05) is 33.3 Å². The van der Waals surface area contributed by atoms with Crippen LogP contribution in [0.4, 0.5) is 0 Å². The summed E-state index contributed by atoms with van der Waals surface area (Å²) in [6.45, 7) is 6.23. The highest BCUT2D eigenvalue weighted by atomic mass is 16.5. The molecule has 2 aromatic heterocycles. The molecule has 4 rings (SSSR count). The van der Waals surface area contributed by atoms with Crippen LogP contribution < -0.4 is 4.74 Å². The number of aromatic nitrogens is 3. The molecule has 0 bridgehead atoms. The van der Waals surface area contributed by atoms with Crippen LogP contribution in [0, 0.1) is 11.8 Å². The van der Waals surface area contributed by atoms with E-state index in [4.69, 9.17) is 4.74 Å². The minimum absolute atomic E-state index is 0.0890. The Morgan fingerprint density at radius 3 is 2.61 bits per heavy atom. The minimum Gasteiger partial charge on any atom is -0.472 e. The molecule has 0 saturated heterocycles. The molecule has 1 aliphatic heterocycles. The Balaban J connectivity index is 1.63. The lowest BCUT2D eigenvalue weighted by molar-refractivity contribution is 0.0320. The molecule has 0 spiro atoms. The van der Waals surface area contributed by atoms with Crippen LogP contribution in [0.5, 0.6) is 5.88 Å². The molecule has 2 aromatic rings. The number of fused-ring (bicyclic) bond motifs is 1. The molecule has 33 heavy (non-hydrogen) atoms. The summed E-state index contributed by atoms with van der Waals surface area (Å²) < 4.78 is 6.41. The summed E-state index contributed by atoms with van der Waals surface area (Å²) in [6, 6.07) is 1.50. The zero-order valence-corrected chi connectivity index (χ0v) is 19.9. The van der Waals surface area contributed by atoms with Crippen LogP contribution in [0.25, 0.3) is 11.1 Å². The zero-order valence-electron chi connectivity index (χ0n) is 19.9. The molecule has 1 fully saturated rings. The third-order valence-electron chi connectivity index (χ3n) is 6.95. The average molecular weight is 454 g/mol. The van der Waals surface area contributed by atoms with Crippen molar-refractivity contribution < 1.29 is 14.6 Å². The van der Waals surface area contributed by atoms with Gasteiger partial charge in [0.1, 0.15) is 18.0 Å². The van der Waals surface area contributed by atoms with E-state index in [-0.39, 0.29) is 30.6 Å². The number of nitrogens with zero attached hydrogens (tertiary/aromatic N) is 5. The molecule has 2 aliphatic rings. The molecule has 1 amide bonds. The first-order chi connectivity index (χ1) is 16.0. The first-order valence-electron chi connectivity index (χ1n) is 12.0. The number of hydrogen-bond acceptors (Lipinski definition) is 7. The average Bonchev–Trinajstić information content (AvgIpc) is 3.34. The van der Waals surface area contributed by atoms with E-state index >= 15 is 0 Å². The quantitative estimate of drug-likeness (QED) is 0.689. The van der Waals surface area contributed by atoms with Gasteiger partial charge in [-0.3, -0.25) is 4.79 Å². The van der Waals surface area contributed by atoms with Gasteiger partial charge in [-0.1, -0.05) is 19.8 Å². The van der Waals surface area contributed by atoms with Crippen LogP contribution in [0.1, 0.15) is 49.9 Å². The molecule has 8 heteroatoms. The van der Waals surface area contributed by atoms with Gasteiger partial charge in [0.2, 0.25) is 5.88 Å². The van der Waals surface area contributed by atoms with Gasteiger partial charge in [0.15, 0.2) is 0 Å². The van der Waals surface area contributed by atoms with Crippen molar-refractivity contribution in [2.24, 2.45) is 11.8 Å². The Morgan fingerprint density at radius 1 is 1.18 bits per heavy atom. The predicted molar refractivity (Wildman–Crippen MR) is 126 cm³/mol. The smallest absolute Gasteiger partial charge is 0.259 e. The van der Waals surface area contributed by atoms with Crippen molar-refractivity contribution in [1.82, 2.24) is 24.8 Å². The molecule has 1 aliphatic carbocycles. The molecule has 0 radical (unpaired) electrons. The van der Waals surface area contributed by atoms with Crippen LogP contribution in [-0.4, -0.2) is 81.2 Å². The topological polar surface area (TPSA) is 91.7 Å². The third-order valence-corrected chi connectivity index (χ3v) is 6.95. The maximum Gasteiger partial charge on any atom is 0.259 e. The van der Waals surface area contributed by atoms with Gasteiger partial charge in [-0.05, 0) is 38.8 Å². The summed E-state index contributed by atoms with van der Waals surface area (Å²) in [6.07, 6.45) is 11.7. The predicted octanol–water partition coefficient (Wildman–Crippen LogP) is 2.88. The standard InChI is InChI=1S/C25H35N5O3/c1-17-12-30(18(2)15-31)25(32)22-8-20(21-9-26-16-27-10-21)11-28-24(22)33-23(17)14-29(3)13-19-6-4-5-7-19/h8-11,16-19,23,31H,4-7,12-15H2,1-3H3/t17-,18-,23+/m0/s1. The molecular weight excluding hydrogens is 418 g/mol. The first kappa shape index (κ1) is 23.6. The van der Waals surface area contributed by atoms with E-state index < -0.39 is 0 Å². The Labute approximate surface area is 196 Å². The Hall–Kier alpha value is -2.58. The lowest BCUT2D eigenvalue weighted by Gasteiger charge is -2.38. The highest BCUT2D eigenvalue weighted by Crippen LogP contribution is 2.30. The van der Waals surface area contributed by atoms with Gasteiger partial charge in [0.05, 0.1) is 12.6 Å². The van der Waals surface area contributed by atoms with Crippen LogP contribution in [0.15, 0.2) is 31.0 Å². The molecule has 3 atom stereocenters.